The minimum absolute atomic E-state index is 0.142. The molecule has 0 amide bonds. The van der Waals surface area contributed by atoms with Crippen molar-refractivity contribution in [3.63, 3.8) is 0 Å². The molecule has 1 heterocycles. The topological polar surface area (TPSA) is 105 Å². The van der Waals surface area contributed by atoms with Crippen LogP contribution < -0.4 is 9.46 Å². The molecule has 0 saturated heterocycles. The zero-order valence-corrected chi connectivity index (χ0v) is 20.6. The number of sulfonamides is 2. The van der Waals surface area contributed by atoms with Crippen LogP contribution in [0, 0.1) is 6.92 Å². The van der Waals surface area contributed by atoms with E-state index in [1.807, 2.05) is 13.0 Å². The van der Waals surface area contributed by atoms with E-state index >= 15 is 0 Å². The summed E-state index contributed by atoms with van der Waals surface area (Å²) in [5.41, 5.74) is 3.22. The van der Waals surface area contributed by atoms with Gasteiger partial charge in [-0.1, -0.05) is 42.0 Å². The standard InChI is InChI=1S/C24H25N3O5S2/c1-17-10-12-22(13-11-17)34(30,31)27-24(19-7-5-9-21(15-19)32-2)16-23(25-27)18-6-4-8-20(14-18)26-33(3,28)29/h4-15,24,26H,16H2,1-3H3/t24-/m1/s1. The quantitative estimate of drug-likeness (QED) is 0.531. The Hall–Kier alpha value is -3.37. The first kappa shape index (κ1) is 23.8. The summed E-state index contributed by atoms with van der Waals surface area (Å²) in [6.45, 7) is 1.89. The molecule has 8 nitrogen and oxygen atoms in total. The van der Waals surface area contributed by atoms with Crippen LogP contribution in [0.5, 0.6) is 5.75 Å². The van der Waals surface area contributed by atoms with Gasteiger partial charge < -0.3 is 4.74 Å². The molecule has 34 heavy (non-hydrogen) atoms. The second-order valence-corrected chi connectivity index (χ2v) is 11.6. The Morgan fingerprint density at radius 3 is 2.35 bits per heavy atom. The lowest BCUT2D eigenvalue weighted by molar-refractivity contribution is 0.368. The third kappa shape index (κ3) is 5.07. The Labute approximate surface area is 200 Å². The van der Waals surface area contributed by atoms with E-state index < -0.39 is 26.1 Å². The Morgan fingerprint density at radius 2 is 1.68 bits per heavy atom. The second-order valence-electron chi connectivity index (χ2n) is 8.09. The van der Waals surface area contributed by atoms with Crippen LogP contribution in [0.1, 0.15) is 29.2 Å². The Bertz CT molecular complexity index is 1450. The lowest BCUT2D eigenvalue weighted by atomic mass is 9.99. The van der Waals surface area contributed by atoms with Crippen molar-refractivity contribution in [1.82, 2.24) is 4.41 Å². The third-order valence-corrected chi connectivity index (χ3v) is 7.72. The number of methoxy groups -OCH3 is 1. The molecule has 1 N–H and O–H groups in total. The summed E-state index contributed by atoms with van der Waals surface area (Å²) >= 11 is 0. The van der Waals surface area contributed by atoms with Crippen molar-refractivity contribution in [3.05, 3.63) is 89.5 Å². The van der Waals surface area contributed by atoms with Gasteiger partial charge in [-0.3, -0.25) is 4.72 Å². The molecule has 1 aliphatic heterocycles. The van der Waals surface area contributed by atoms with E-state index in [0.29, 0.717) is 29.1 Å². The van der Waals surface area contributed by atoms with E-state index in [1.165, 1.54) is 0 Å². The highest BCUT2D eigenvalue weighted by molar-refractivity contribution is 7.92. The predicted molar refractivity (Wildman–Crippen MR) is 132 cm³/mol. The lowest BCUT2D eigenvalue weighted by Gasteiger charge is -2.23. The normalized spacial score (nSPS) is 16.3. The molecular weight excluding hydrogens is 474 g/mol. The van der Waals surface area contributed by atoms with Crippen LogP contribution in [0.4, 0.5) is 5.69 Å². The van der Waals surface area contributed by atoms with Crippen molar-refractivity contribution in [2.24, 2.45) is 5.10 Å². The number of hydrazone groups is 1. The summed E-state index contributed by atoms with van der Waals surface area (Å²) in [7, 11) is -5.87. The molecule has 0 bridgehead atoms. The van der Waals surface area contributed by atoms with Gasteiger partial charge in [0.05, 0.1) is 30.0 Å². The van der Waals surface area contributed by atoms with Crippen LogP contribution in [0.2, 0.25) is 0 Å². The van der Waals surface area contributed by atoms with E-state index in [0.717, 1.165) is 21.8 Å². The van der Waals surface area contributed by atoms with Crippen molar-refractivity contribution in [1.29, 1.82) is 0 Å². The molecule has 1 atom stereocenters. The molecule has 1 aliphatic rings. The Morgan fingerprint density at radius 1 is 0.971 bits per heavy atom. The number of hydrogen-bond donors (Lipinski definition) is 1. The molecule has 3 aromatic rings. The van der Waals surface area contributed by atoms with Gasteiger partial charge in [-0.2, -0.15) is 17.9 Å². The van der Waals surface area contributed by atoms with Gasteiger partial charge >= 0.3 is 0 Å². The highest BCUT2D eigenvalue weighted by Crippen LogP contribution is 2.38. The first-order chi connectivity index (χ1) is 16.1. The number of nitrogens with one attached hydrogen (secondary N) is 1. The van der Waals surface area contributed by atoms with E-state index in [4.69, 9.17) is 4.74 Å². The number of nitrogens with zero attached hydrogens (tertiary/aromatic N) is 2. The summed E-state index contributed by atoms with van der Waals surface area (Å²) in [5.74, 6) is 0.609. The molecule has 0 radical (unpaired) electrons. The fourth-order valence-corrected chi connectivity index (χ4v) is 5.76. The van der Waals surface area contributed by atoms with Crippen LogP contribution in [0.3, 0.4) is 0 Å². The summed E-state index contributed by atoms with van der Waals surface area (Å²) in [5, 5.41) is 4.52. The van der Waals surface area contributed by atoms with Gasteiger partial charge in [0, 0.05) is 12.1 Å². The van der Waals surface area contributed by atoms with Crippen molar-refractivity contribution in [2.45, 2.75) is 24.3 Å². The number of rotatable bonds is 7. The van der Waals surface area contributed by atoms with Gasteiger partial charge in [-0.05, 0) is 54.4 Å². The molecule has 0 unspecified atom stereocenters. The SMILES string of the molecule is COc1cccc([C@H]2CC(c3cccc(NS(C)(=O)=O)c3)=NN2S(=O)(=O)c2ccc(C)cc2)c1. The molecular formula is C24H25N3O5S2. The summed E-state index contributed by atoms with van der Waals surface area (Å²) in [4.78, 5) is 0.142. The molecule has 0 spiro atoms. The smallest absolute Gasteiger partial charge is 0.279 e. The molecule has 178 valence electrons. The van der Waals surface area contributed by atoms with Gasteiger partial charge in [-0.15, -0.1) is 0 Å². The van der Waals surface area contributed by atoms with Crippen LogP contribution in [0.25, 0.3) is 0 Å². The minimum atomic E-state index is -3.96. The van der Waals surface area contributed by atoms with Gasteiger partial charge in [-0.25, -0.2) is 8.42 Å². The van der Waals surface area contributed by atoms with Gasteiger partial charge in [0.15, 0.2) is 0 Å². The van der Waals surface area contributed by atoms with E-state index in [1.54, 1.807) is 73.8 Å². The highest BCUT2D eigenvalue weighted by atomic mass is 32.2. The van der Waals surface area contributed by atoms with E-state index in [9.17, 15) is 16.8 Å². The van der Waals surface area contributed by atoms with Gasteiger partial charge in [0.1, 0.15) is 5.75 Å². The second kappa shape index (κ2) is 9.11. The molecule has 0 aromatic heterocycles. The fraction of sp³-hybridized carbons (Fsp3) is 0.208. The zero-order chi connectivity index (χ0) is 24.5. The molecule has 4 rings (SSSR count). The molecule has 0 aliphatic carbocycles. The average Bonchev–Trinajstić information content (AvgIpc) is 3.25. The Balaban J connectivity index is 1.79. The van der Waals surface area contributed by atoms with Crippen LogP contribution in [0.15, 0.2) is 82.8 Å². The Kier molecular flexibility index (Phi) is 6.37. The maximum absolute atomic E-state index is 13.6. The number of aryl methyl sites for hydroxylation is 1. The van der Waals surface area contributed by atoms with Crippen LogP contribution >= 0.6 is 0 Å². The van der Waals surface area contributed by atoms with Gasteiger partial charge in [0.2, 0.25) is 10.0 Å². The summed E-state index contributed by atoms with van der Waals surface area (Å²) in [6, 6.07) is 20.0. The third-order valence-electron chi connectivity index (χ3n) is 5.42. The molecule has 10 heteroatoms. The van der Waals surface area contributed by atoms with E-state index in [2.05, 4.69) is 9.82 Å². The van der Waals surface area contributed by atoms with Crippen LogP contribution in [-0.4, -0.2) is 40.3 Å². The van der Waals surface area contributed by atoms with E-state index in [-0.39, 0.29) is 4.90 Å². The van der Waals surface area contributed by atoms with Crippen molar-refractivity contribution >= 4 is 31.4 Å². The first-order valence-corrected chi connectivity index (χ1v) is 13.8. The fourth-order valence-electron chi connectivity index (χ4n) is 3.78. The zero-order valence-electron chi connectivity index (χ0n) is 19.0. The molecule has 0 fully saturated rings. The van der Waals surface area contributed by atoms with Crippen molar-refractivity contribution in [2.75, 3.05) is 18.1 Å². The first-order valence-electron chi connectivity index (χ1n) is 10.5. The highest BCUT2D eigenvalue weighted by Gasteiger charge is 2.38. The lowest BCUT2D eigenvalue weighted by Crippen LogP contribution is -2.27. The van der Waals surface area contributed by atoms with Crippen LogP contribution in [-0.2, 0) is 20.0 Å². The number of ether oxygens (including phenoxy) is 1. The number of benzene rings is 3. The number of anilines is 1. The van der Waals surface area contributed by atoms with Gasteiger partial charge in [0.25, 0.3) is 10.0 Å². The maximum Gasteiger partial charge on any atom is 0.279 e. The average molecular weight is 500 g/mol. The largest absolute Gasteiger partial charge is 0.497 e. The minimum Gasteiger partial charge on any atom is -0.497 e. The van der Waals surface area contributed by atoms with Crippen molar-refractivity contribution in [3.8, 4) is 5.75 Å². The summed E-state index contributed by atoms with van der Waals surface area (Å²) in [6.07, 6.45) is 1.38. The van der Waals surface area contributed by atoms with Crippen molar-refractivity contribution < 1.29 is 21.6 Å². The molecule has 3 aromatic carbocycles. The summed E-state index contributed by atoms with van der Waals surface area (Å²) < 4.78 is 59.4. The predicted octanol–water partition coefficient (Wildman–Crippen LogP) is 3.92. The monoisotopic (exact) mass is 499 g/mol. The maximum atomic E-state index is 13.6. The molecule has 0 saturated carbocycles. The number of hydrogen-bond acceptors (Lipinski definition) is 6.